The number of aryl methyl sites for hydroxylation is 1. The van der Waals surface area contributed by atoms with Crippen molar-refractivity contribution in [2.45, 2.75) is 20.3 Å². The van der Waals surface area contributed by atoms with E-state index in [4.69, 9.17) is 4.74 Å². The number of hydrogen-bond donors (Lipinski definition) is 0. The molecule has 0 aromatic heterocycles. The maximum absolute atomic E-state index is 14.8. The molecule has 0 N–H and O–H groups in total. The van der Waals surface area contributed by atoms with Crippen LogP contribution in [-0.2, 0) is 6.42 Å². The molecular weight excluding hydrogens is 275 g/mol. The Balaban J connectivity index is 2.07. The number of fused-ring (bicyclic) bond motifs is 1. The van der Waals surface area contributed by atoms with Crippen LogP contribution in [0.25, 0.3) is 21.9 Å². The van der Waals surface area contributed by atoms with Crippen molar-refractivity contribution in [3.8, 4) is 16.9 Å². The van der Waals surface area contributed by atoms with Crippen LogP contribution in [0, 0.1) is 5.82 Å². The van der Waals surface area contributed by atoms with Crippen molar-refractivity contribution in [3.63, 3.8) is 0 Å². The van der Waals surface area contributed by atoms with Crippen LogP contribution < -0.4 is 4.74 Å². The van der Waals surface area contributed by atoms with Crippen molar-refractivity contribution >= 4 is 10.8 Å². The summed E-state index contributed by atoms with van der Waals surface area (Å²) in [5.41, 5.74) is 2.80. The molecule has 0 spiro atoms. The Morgan fingerprint density at radius 2 is 1.68 bits per heavy atom. The van der Waals surface area contributed by atoms with Crippen molar-refractivity contribution < 1.29 is 9.13 Å². The van der Waals surface area contributed by atoms with Crippen LogP contribution in [-0.4, -0.2) is 6.61 Å². The average molecular weight is 294 g/mol. The molecule has 0 aliphatic heterocycles. The largest absolute Gasteiger partial charge is 0.494 e. The second-order valence-electron chi connectivity index (χ2n) is 5.29. The Morgan fingerprint density at radius 1 is 0.909 bits per heavy atom. The van der Waals surface area contributed by atoms with E-state index < -0.39 is 0 Å². The molecule has 3 aromatic carbocycles. The molecule has 3 aromatic rings. The zero-order valence-corrected chi connectivity index (χ0v) is 12.9. The summed E-state index contributed by atoms with van der Waals surface area (Å²) in [7, 11) is 0. The van der Waals surface area contributed by atoms with Crippen molar-refractivity contribution in [3.05, 3.63) is 66.0 Å². The Labute approximate surface area is 130 Å². The highest BCUT2D eigenvalue weighted by Crippen LogP contribution is 2.31. The topological polar surface area (TPSA) is 9.23 Å². The summed E-state index contributed by atoms with van der Waals surface area (Å²) >= 11 is 0. The predicted molar refractivity (Wildman–Crippen MR) is 89.9 cm³/mol. The van der Waals surface area contributed by atoms with E-state index in [2.05, 4.69) is 19.1 Å². The molecule has 0 atom stereocenters. The molecule has 0 heterocycles. The molecule has 0 fully saturated rings. The van der Waals surface area contributed by atoms with Gasteiger partial charge >= 0.3 is 0 Å². The summed E-state index contributed by atoms with van der Waals surface area (Å²) in [4.78, 5) is 0. The SMILES string of the molecule is CCOc1ccc2c(F)c(-c3ccc(CC)cc3)ccc2c1. The van der Waals surface area contributed by atoms with Gasteiger partial charge in [-0.2, -0.15) is 0 Å². The van der Waals surface area contributed by atoms with Crippen LogP contribution in [0.3, 0.4) is 0 Å². The van der Waals surface area contributed by atoms with Gasteiger partial charge in [0.05, 0.1) is 6.61 Å². The zero-order chi connectivity index (χ0) is 15.5. The van der Waals surface area contributed by atoms with Crippen LogP contribution >= 0.6 is 0 Å². The first-order chi connectivity index (χ1) is 10.7. The molecule has 0 amide bonds. The highest BCUT2D eigenvalue weighted by molar-refractivity contribution is 5.89. The van der Waals surface area contributed by atoms with Crippen LogP contribution in [0.5, 0.6) is 5.75 Å². The van der Waals surface area contributed by atoms with E-state index in [-0.39, 0.29) is 5.82 Å². The Bertz CT molecular complexity index is 791. The van der Waals surface area contributed by atoms with E-state index in [1.54, 1.807) is 6.07 Å². The van der Waals surface area contributed by atoms with E-state index in [9.17, 15) is 4.39 Å². The molecule has 112 valence electrons. The van der Waals surface area contributed by atoms with Gasteiger partial charge in [-0.15, -0.1) is 0 Å². The van der Waals surface area contributed by atoms with Gasteiger partial charge < -0.3 is 4.74 Å². The second kappa shape index (κ2) is 6.18. The van der Waals surface area contributed by atoms with Crippen LogP contribution in [0.2, 0.25) is 0 Å². The van der Waals surface area contributed by atoms with Gasteiger partial charge in [0.2, 0.25) is 0 Å². The zero-order valence-electron chi connectivity index (χ0n) is 12.9. The normalized spacial score (nSPS) is 10.9. The molecule has 0 aliphatic carbocycles. The molecule has 0 saturated heterocycles. The molecule has 0 unspecified atom stereocenters. The van der Waals surface area contributed by atoms with Gasteiger partial charge in [0.25, 0.3) is 0 Å². The Morgan fingerprint density at radius 3 is 2.36 bits per heavy atom. The van der Waals surface area contributed by atoms with Gasteiger partial charge in [-0.3, -0.25) is 0 Å². The number of ether oxygens (including phenoxy) is 1. The summed E-state index contributed by atoms with van der Waals surface area (Å²) in [6.07, 6.45) is 0.987. The quantitative estimate of drug-likeness (QED) is 0.608. The standard InChI is InChI=1S/C20H19FO/c1-3-14-5-7-15(8-6-14)18-11-9-16-13-17(22-4-2)10-12-19(16)20(18)21/h5-13H,3-4H2,1-2H3. The molecule has 22 heavy (non-hydrogen) atoms. The Kier molecular flexibility index (Phi) is 4.10. The lowest BCUT2D eigenvalue weighted by Crippen LogP contribution is -1.92. The van der Waals surface area contributed by atoms with Gasteiger partial charge in [-0.25, -0.2) is 4.39 Å². The molecule has 0 aliphatic rings. The fourth-order valence-corrected chi connectivity index (χ4v) is 2.67. The lowest BCUT2D eigenvalue weighted by atomic mass is 9.99. The van der Waals surface area contributed by atoms with Crippen LogP contribution in [0.4, 0.5) is 4.39 Å². The molecule has 0 saturated carbocycles. The molecular formula is C20H19FO. The summed E-state index contributed by atoms with van der Waals surface area (Å²) in [6.45, 7) is 4.66. The van der Waals surface area contributed by atoms with Crippen LogP contribution in [0.1, 0.15) is 19.4 Å². The number of halogens is 1. The average Bonchev–Trinajstić information content (AvgIpc) is 2.56. The lowest BCUT2D eigenvalue weighted by molar-refractivity contribution is 0.340. The Hall–Kier alpha value is -2.35. The van der Waals surface area contributed by atoms with Crippen LogP contribution in [0.15, 0.2) is 54.6 Å². The van der Waals surface area contributed by atoms with Crippen molar-refractivity contribution in [2.75, 3.05) is 6.61 Å². The molecule has 3 rings (SSSR count). The summed E-state index contributed by atoms with van der Waals surface area (Å²) in [6, 6.07) is 17.4. The molecule has 2 heteroatoms. The highest BCUT2D eigenvalue weighted by Gasteiger charge is 2.10. The van der Waals surface area contributed by atoms with E-state index in [0.717, 1.165) is 23.1 Å². The lowest BCUT2D eigenvalue weighted by Gasteiger charge is -2.09. The minimum atomic E-state index is -0.176. The summed E-state index contributed by atoms with van der Waals surface area (Å²) in [5.74, 6) is 0.597. The molecule has 0 bridgehead atoms. The maximum atomic E-state index is 14.8. The molecule has 0 radical (unpaired) electrons. The minimum absolute atomic E-state index is 0.176. The highest BCUT2D eigenvalue weighted by atomic mass is 19.1. The fourth-order valence-electron chi connectivity index (χ4n) is 2.67. The van der Waals surface area contributed by atoms with Gasteiger partial charge in [0.1, 0.15) is 11.6 Å². The second-order valence-corrected chi connectivity index (χ2v) is 5.29. The van der Waals surface area contributed by atoms with E-state index in [1.165, 1.54) is 5.56 Å². The van der Waals surface area contributed by atoms with E-state index in [0.29, 0.717) is 17.6 Å². The van der Waals surface area contributed by atoms with Crippen molar-refractivity contribution in [1.82, 2.24) is 0 Å². The number of hydrogen-bond acceptors (Lipinski definition) is 1. The first kappa shape index (κ1) is 14.6. The first-order valence-corrected chi connectivity index (χ1v) is 7.67. The minimum Gasteiger partial charge on any atom is -0.494 e. The third-order valence-electron chi connectivity index (χ3n) is 3.91. The van der Waals surface area contributed by atoms with Gasteiger partial charge in [-0.05, 0) is 48.1 Å². The first-order valence-electron chi connectivity index (χ1n) is 7.67. The fraction of sp³-hybridized carbons (Fsp3) is 0.200. The predicted octanol–water partition coefficient (Wildman–Crippen LogP) is 5.61. The van der Waals surface area contributed by atoms with E-state index in [1.807, 2.05) is 43.3 Å². The third kappa shape index (κ3) is 2.69. The third-order valence-corrected chi connectivity index (χ3v) is 3.91. The monoisotopic (exact) mass is 294 g/mol. The van der Waals surface area contributed by atoms with Crippen molar-refractivity contribution in [1.29, 1.82) is 0 Å². The number of benzene rings is 3. The van der Waals surface area contributed by atoms with Gasteiger partial charge in [-0.1, -0.05) is 43.3 Å². The summed E-state index contributed by atoms with van der Waals surface area (Å²) in [5, 5.41) is 1.48. The smallest absolute Gasteiger partial charge is 0.138 e. The maximum Gasteiger partial charge on any atom is 0.138 e. The van der Waals surface area contributed by atoms with Gasteiger partial charge in [0.15, 0.2) is 0 Å². The number of rotatable bonds is 4. The van der Waals surface area contributed by atoms with E-state index >= 15 is 0 Å². The van der Waals surface area contributed by atoms with Crippen molar-refractivity contribution in [2.24, 2.45) is 0 Å². The summed E-state index contributed by atoms with van der Waals surface area (Å²) < 4.78 is 20.3. The molecule has 1 nitrogen and oxygen atoms in total. The van der Waals surface area contributed by atoms with Gasteiger partial charge in [0, 0.05) is 10.9 Å².